The third-order valence-corrected chi connectivity index (χ3v) is 2.10. The molecule has 4 heteroatoms. The Hall–Kier alpha value is -1.58. The summed E-state index contributed by atoms with van der Waals surface area (Å²) in [5.74, 6) is 0.875. The quantitative estimate of drug-likeness (QED) is 0.758. The van der Waals surface area contributed by atoms with Gasteiger partial charge in [0.25, 0.3) is 0 Å². The summed E-state index contributed by atoms with van der Waals surface area (Å²) in [5, 5.41) is 10.7. The van der Waals surface area contributed by atoms with Crippen LogP contribution in [-0.2, 0) is 6.42 Å². The van der Waals surface area contributed by atoms with Crippen LogP contribution in [0.3, 0.4) is 0 Å². The average molecular weight is 177 g/mol. The van der Waals surface area contributed by atoms with Crippen molar-refractivity contribution in [2.45, 2.75) is 20.3 Å². The Labute approximate surface area is 75.9 Å². The Kier molecular flexibility index (Phi) is 1.88. The van der Waals surface area contributed by atoms with Crippen LogP contribution in [0.1, 0.15) is 22.7 Å². The van der Waals surface area contributed by atoms with E-state index in [4.69, 9.17) is 4.52 Å². The summed E-state index contributed by atoms with van der Waals surface area (Å²) < 4.78 is 5.06. The SMILES string of the molecule is Cc1noc(C)c1Cc1cc[nH]n1. The van der Waals surface area contributed by atoms with Crippen molar-refractivity contribution < 1.29 is 4.52 Å². The van der Waals surface area contributed by atoms with Gasteiger partial charge in [0.15, 0.2) is 0 Å². The van der Waals surface area contributed by atoms with Gasteiger partial charge in [-0.15, -0.1) is 0 Å². The topological polar surface area (TPSA) is 54.7 Å². The largest absolute Gasteiger partial charge is 0.361 e. The average Bonchev–Trinajstić information content (AvgIpc) is 2.70. The molecular weight excluding hydrogens is 166 g/mol. The van der Waals surface area contributed by atoms with E-state index in [9.17, 15) is 0 Å². The summed E-state index contributed by atoms with van der Waals surface area (Å²) >= 11 is 0. The Bertz CT molecular complexity index is 369. The van der Waals surface area contributed by atoms with E-state index in [1.807, 2.05) is 26.1 Å². The third-order valence-electron chi connectivity index (χ3n) is 2.10. The number of aromatic amines is 1. The number of H-pyrrole nitrogens is 1. The van der Waals surface area contributed by atoms with Crippen molar-refractivity contribution in [1.82, 2.24) is 15.4 Å². The van der Waals surface area contributed by atoms with E-state index in [0.29, 0.717) is 0 Å². The maximum Gasteiger partial charge on any atom is 0.137 e. The van der Waals surface area contributed by atoms with E-state index in [0.717, 1.165) is 29.1 Å². The number of aryl methyl sites for hydroxylation is 2. The van der Waals surface area contributed by atoms with Gasteiger partial charge in [-0.1, -0.05) is 5.16 Å². The highest BCUT2D eigenvalue weighted by atomic mass is 16.5. The summed E-state index contributed by atoms with van der Waals surface area (Å²) in [5.41, 5.74) is 3.09. The van der Waals surface area contributed by atoms with Gasteiger partial charge in [0.2, 0.25) is 0 Å². The normalized spacial score (nSPS) is 10.6. The first kappa shape index (κ1) is 8.04. The van der Waals surface area contributed by atoms with Crippen LogP contribution in [0.2, 0.25) is 0 Å². The maximum atomic E-state index is 5.06. The smallest absolute Gasteiger partial charge is 0.137 e. The van der Waals surface area contributed by atoms with Crippen LogP contribution >= 0.6 is 0 Å². The maximum absolute atomic E-state index is 5.06. The molecule has 0 radical (unpaired) electrons. The van der Waals surface area contributed by atoms with Crippen LogP contribution in [-0.4, -0.2) is 15.4 Å². The van der Waals surface area contributed by atoms with Crippen molar-refractivity contribution in [3.05, 3.63) is 35.0 Å². The van der Waals surface area contributed by atoms with Gasteiger partial charge in [0.1, 0.15) is 5.76 Å². The second kappa shape index (κ2) is 3.05. The van der Waals surface area contributed by atoms with Crippen LogP contribution in [0.25, 0.3) is 0 Å². The standard InChI is InChI=1S/C9H11N3O/c1-6-9(7(2)13-12-6)5-8-3-4-10-11-8/h3-4H,5H2,1-2H3,(H,10,11). The number of rotatable bonds is 2. The molecule has 0 unspecified atom stereocenters. The highest BCUT2D eigenvalue weighted by molar-refractivity contribution is 5.25. The molecule has 0 aromatic carbocycles. The molecule has 1 N–H and O–H groups in total. The molecule has 0 aliphatic heterocycles. The molecule has 2 aromatic rings. The highest BCUT2D eigenvalue weighted by Crippen LogP contribution is 2.15. The molecule has 2 rings (SSSR count). The van der Waals surface area contributed by atoms with E-state index >= 15 is 0 Å². The molecule has 0 saturated carbocycles. The minimum Gasteiger partial charge on any atom is -0.361 e. The molecule has 0 saturated heterocycles. The van der Waals surface area contributed by atoms with Crippen LogP contribution in [0, 0.1) is 13.8 Å². The molecule has 0 amide bonds. The minimum absolute atomic E-state index is 0.782. The Morgan fingerprint density at radius 1 is 1.46 bits per heavy atom. The third kappa shape index (κ3) is 1.47. The van der Waals surface area contributed by atoms with E-state index in [1.165, 1.54) is 0 Å². The van der Waals surface area contributed by atoms with Crippen LogP contribution < -0.4 is 0 Å². The predicted octanol–water partition coefficient (Wildman–Crippen LogP) is 1.61. The predicted molar refractivity (Wildman–Crippen MR) is 47.4 cm³/mol. The molecule has 0 spiro atoms. The lowest BCUT2D eigenvalue weighted by molar-refractivity contribution is 0.392. The van der Waals surface area contributed by atoms with E-state index in [1.54, 1.807) is 0 Å². The fourth-order valence-corrected chi connectivity index (χ4v) is 1.32. The van der Waals surface area contributed by atoms with Crippen LogP contribution in [0.15, 0.2) is 16.8 Å². The minimum atomic E-state index is 0.782. The van der Waals surface area contributed by atoms with Gasteiger partial charge in [-0.25, -0.2) is 0 Å². The van der Waals surface area contributed by atoms with E-state index in [2.05, 4.69) is 15.4 Å². The molecule has 68 valence electrons. The molecule has 0 aliphatic rings. The summed E-state index contributed by atoms with van der Waals surface area (Å²) in [6.45, 7) is 3.86. The van der Waals surface area contributed by atoms with Gasteiger partial charge in [0, 0.05) is 18.2 Å². The Morgan fingerprint density at radius 2 is 2.31 bits per heavy atom. The Balaban J connectivity index is 2.27. The zero-order valence-electron chi connectivity index (χ0n) is 7.66. The summed E-state index contributed by atoms with van der Waals surface area (Å²) in [7, 11) is 0. The summed E-state index contributed by atoms with van der Waals surface area (Å²) in [4.78, 5) is 0. The van der Waals surface area contributed by atoms with Gasteiger partial charge in [-0.2, -0.15) is 5.10 Å². The summed E-state index contributed by atoms with van der Waals surface area (Å²) in [6.07, 6.45) is 2.60. The second-order valence-electron chi connectivity index (χ2n) is 3.05. The van der Waals surface area contributed by atoms with Crippen LogP contribution in [0.5, 0.6) is 0 Å². The number of hydrogen-bond donors (Lipinski definition) is 1. The van der Waals surface area contributed by atoms with Crippen molar-refractivity contribution in [3.8, 4) is 0 Å². The van der Waals surface area contributed by atoms with Crippen molar-refractivity contribution in [2.75, 3.05) is 0 Å². The van der Waals surface area contributed by atoms with Crippen molar-refractivity contribution in [1.29, 1.82) is 0 Å². The first-order valence-corrected chi connectivity index (χ1v) is 4.18. The van der Waals surface area contributed by atoms with Crippen molar-refractivity contribution in [2.24, 2.45) is 0 Å². The Morgan fingerprint density at radius 3 is 2.85 bits per heavy atom. The fraction of sp³-hybridized carbons (Fsp3) is 0.333. The number of aromatic nitrogens is 3. The van der Waals surface area contributed by atoms with Gasteiger partial charge in [-0.3, -0.25) is 5.10 Å². The molecule has 0 bridgehead atoms. The lowest BCUT2D eigenvalue weighted by atomic mass is 10.1. The zero-order chi connectivity index (χ0) is 9.26. The molecule has 2 heterocycles. The highest BCUT2D eigenvalue weighted by Gasteiger charge is 2.09. The number of nitrogens with one attached hydrogen (secondary N) is 1. The monoisotopic (exact) mass is 177 g/mol. The summed E-state index contributed by atoms with van der Waals surface area (Å²) in [6, 6.07) is 1.95. The zero-order valence-corrected chi connectivity index (χ0v) is 7.66. The van der Waals surface area contributed by atoms with Crippen LogP contribution in [0.4, 0.5) is 0 Å². The van der Waals surface area contributed by atoms with Gasteiger partial charge in [0.05, 0.1) is 11.4 Å². The number of hydrogen-bond acceptors (Lipinski definition) is 3. The molecule has 13 heavy (non-hydrogen) atoms. The first-order valence-electron chi connectivity index (χ1n) is 4.18. The molecule has 2 aromatic heterocycles. The molecule has 0 fully saturated rings. The van der Waals surface area contributed by atoms with E-state index in [-0.39, 0.29) is 0 Å². The van der Waals surface area contributed by atoms with Gasteiger partial charge >= 0.3 is 0 Å². The van der Waals surface area contributed by atoms with E-state index < -0.39 is 0 Å². The van der Waals surface area contributed by atoms with Crippen molar-refractivity contribution >= 4 is 0 Å². The van der Waals surface area contributed by atoms with Gasteiger partial charge in [-0.05, 0) is 19.9 Å². The number of nitrogens with zero attached hydrogens (tertiary/aromatic N) is 2. The lowest BCUT2D eigenvalue weighted by Gasteiger charge is -1.94. The lowest BCUT2D eigenvalue weighted by Crippen LogP contribution is -1.91. The second-order valence-corrected chi connectivity index (χ2v) is 3.05. The first-order chi connectivity index (χ1) is 6.27. The molecule has 0 aliphatic carbocycles. The molecule has 4 nitrogen and oxygen atoms in total. The molecule has 0 atom stereocenters. The van der Waals surface area contributed by atoms with Gasteiger partial charge < -0.3 is 4.52 Å². The van der Waals surface area contributed by atoms with Crippen molar-refractivity contribution in [3.63, 3.8) is 0 Å². The fourth-order valence-electron chi connectivity index (χ4n) is 1.32. The molecular formula is C9H11N3O.